The van der Waals surface area contributed by atoms with Crippen LogP contribution in [0, 0.1) is 22.7 Å². The fraction of sp³-hybridized carbons (Fsp3) is 0.900. The summed E-state index contributed by atoms with van der Waals surface area (Å²) in [6.45, 7) is 9.13. The number of fused-ring (bicyclic) bond motifs is 1. The van der Waals surface area contributed by atoms with Gasteiger partial charge >= 0.3 is 0 Å². The maximum absolute atomic E-state index is 10.1. The number of hydrogen-bond donors (Lipinski definition) is 1. The third-order valence-electron chi connectivity index (χ3n) is 7.79. The van der Waals surface area contributed by atoms with Crippen molar-refractivity contribution in [1.29, 1.82) is 0 Å². The molecule has 3 heteroatoms. The molecule has 3 aliphatic carbocycles. The Bertz CT molecular complexity index is 462. The van der Waals surface area contributed by atoms with Crippen LogP contribution < -0.4 is 0 Å². The van der Waals surface area contributed by atoms with Crippen LogP contribution in [0.15, 0.2) is 12.2 Å². The molecular formula is C20H34O3. The zero-order chi connectivity index (χ0) is 16.8. The first-order chi connectivity index (χ1) is 10.9. The minimum Gasteiger partial charge on any atom is -0.393 e. The van der Waals surface area contributed by atoms with Crippen molar-refractivity contribution in [2.75, 3.05) is 14.2 Å². The summed E-state index contributed by atoms with van der Waals surface area (Å²) in [7, 11) is 3.68. The van der Waals surface area contributed by atoms with Gasteiger partial charge in [-0.05, 0) is 61.2 Å². The van der Waals surface area contributed by atoms with Gasteiger partial charge < -0.3 is 14.6 Å². The monoisotopic (exact) mass is 322 g/mol. The Morgan fingerprint density at radius 1 is 1.04 bits per heavy atom. The van der Waals surface area contributed by atoms with Crippen LogP contribution in [0.2, 0.25) is 0 Å². The molecule has 3 nitrogen and oxygen atoms in total. The summed E-state index contributed by atoms with van der Waals surface area (Å²) < 4.78 is 12.0. The summed E-state index contributed by atoms with van der Waals surface area (Å²) in [5.74, 6) is 1.09. The molecule has 23 heavy (non-hydrogen) atoms. The molecule has 132 valence electrons. The largest absolute Gasteiger partial charge is 0.393 e. The molecule has 3 aliphatic rings. The third kappa shape index (κ3) is 2.60. The van der Waals surface area contributed by atoms with Crippen LogP contribution in [-0.2, 0) is 9.47 Å². The Morgan fingerprint density at radius 2 is 1.78 bits per heavy atom. The fourth-order valence-electron chi connectivity index (χ4n) is 6.08. The number of allylic oxidation sites excluding steroid dienone is 1. The SMILES string of the molecule is C=C1CCC2[C@H](OC)C([C@@]3(C)CC[C@H](O)C[C@@H]3OC)CC[C@]12C. The predicted molar refractivity (Wildman–Crippen MR) is 92.3 cm³/mol. The van der Waals surface area contributed by atoms with Crippen molar-refractivity contribution in [3.8, 4) is 0 Å². The van der Waals surface area contributed by atoms with Crippen molar-refractivity contribution in [2.24, 2.45) is 22.7 Å². The van der Waals surface area contributed by atoms with Crippen LogP contribution >= 0.6 is 0 Å². The first kappa shape index (κ1) is 17.4. The van der Waals surface area contributed by atoms with E-state index in [0.717, 1.165) is 25.7 Å². The van der Waals surface area contributed by atoms with Crippen LogP contribution in [0.4, 0.5) is 0 Å². The molecule has 0 aliphatic heterocycles. The average Bonchev–Trinajstić information content (AvgIpc) is 2.84. The molecule has 0 aromatic heterocycles. The Kier molecular flexibility index (Phi) is 4.67. The number of aliphatic hydroxyl groups excluding tert-OH is 1. The smallest absolute Gasteiger partial charge is 0.0653 e. The minimum absolute atomic E-state index is 0.0971. The molecule has 7 atom stereocenters. The van der Waals surface area contributed by atoms with Gasteiger partial charge in [-0.15, -0.1) is 0 Å². The Morgan fingerprint density at radius 3 is 2.43 bits per heavy atom. The lowest BCUT2D eigenvalue weighted by atomic mass is 9.54. The zero-order valence-electron chi connectivity index (χ0n) is 15.3. The molecule has 3 saturated carbocycles. The van der Waals surface area contributed by atoms with Crippen molar-refractivity contribution in [3.05, 3.63) is 12.2 Å². The van der Waals surface area contributed by atoms with Crippen LogP contribution in [0.3, 0.4) is 0 Å². The maximum atomic E-state index is 10.1. The van der Waals surface area contributed by atoms with Crippen molar-refractivity contribution in [1.82, 2.24) is 0 Å². The number of aliphatic hydroxyl groups is 1. The average molecular weight is 322 g/mol. The molecule has 3 fully saturated rings. The van der Waals surface area contributed by atoms with E-state index < -0.39 is 0 Å². The summed E-state index contributed by atoms with van der Waals surface area (Å²) in [4.78, 5) is 0. The van der Waals surface area contributed by atoms with Gasteiger partial charge in [-0.25, -0.2) is 0 Å². The highest BCUT2D eigenvalue weighted by atomic mass is 16.5. The molecule has 0 heterocycles. The highest BCUT2D eigenvalue weighted by molar-refractivity contribution is 5.21. The lowest BCUT2D eigenvalue weighted by Gasteiger charge is -2.55. The first-order valence-corrected chi connectivity index (χ1v) is 9.28. The number of rotatable bonds is 3. The number of hydrogen-bond acceptors (Lipinski definition) is 3. The lowest BCUT2D eigenvalue weighted by molar-refractivity contribution is -0.161. The van der Waals surface area contributed by atoms with Gasteiger partial charge in [0.25, 0.3) is 0 Å². The predicted octanol–water partition coefficient (Wildman–Crippen LogP) is 3.95. The van der Waals surface area contributed by atoms with Gasteiger partial charge in [-0.3, -0.25) is 0 Å². The number of ether oxygens (including phenoxy) is 2. The zero-order valence-corrected chi connectivity index (χ0v) is 15.3. The molecule has 0 bridgehead atoms. The molecule has 3 rings (SSSR count). The quantitative estimate of drug-likeness (QED) is 0.800. The van der Waals surface area contributed by atoms with E-state index in [2.05, 4.69) is 20.4 Å². The van der Waals surface area contributed by atoms with Gasteiger partial charge in [0.2, 0.25) is 0 Å². The summed E-state index contributed by atoms with van der Waals surface area (Å²) in [5, 5.41) is 10.1. The van der Waals surface area contributed by atoms with E-state index >= 15 is 0 Å². The van der Waals surface area contributed by atoms with Gasteiger partial charge in [-0.2, -0.15) is 0 Å². The van der Waals surface area contributed by atoms with Crippen LogP contribution in [0.25, 0.3) is 0 Å². The van der Waals surface area contributed by atoms with Gasteiger partial charge in [0, 0.05) is 20.6 Å². The third-order valence-corrected chi connectivity index (χ3v) is 7.79. The van der Waals surface area contributed by atoms with E-state index in [-0.39, 0.29) is 29.1 Å². The Balaban J connectivity index is 1.89. The highest BCUT2D eigenvalue weighted by Gasteiger charge is 2.57. The van der Waals surface area contributed by atoms with Crippen LogP contribution in [0.1, 0.15) is 58.8 Å². The molecule has 0 amide bonds. The van der Waals surface area contributed by atoms with E-state index in [1.165, 1.54) is 24.8 Å². The molecule has 0 aromatic rings. The molecule has 0 spiro atoms. The minimum atomic E-state index is -0.214. The highest BCUT2D eigenvalue weighted by Crippen LogP contribution is 2.61. The topological polar surface area (TPSA) is 38.7 Å². The van der Waals surface area contributed by atoms with Crippen LogP contribution in [0.5, 0.6) is 0 Å². The first-order valence-electron chi connectivity index (χ1n) is 9.28. The molecule has 0 radical (unpaired) electrons. The molecular weight excluding hydrogens is 288 g/mol. The second-order valence-electron chi connectivity index (χ2n) is 8.67. The van der Waals surface area contributed by atoms with Gasteiger partial charge in [0.05, 0.1) is 18.3 Å². The molecule has 1 N–H and O–H groups in total. The summed E-state index contributed by atoms with van der Waals surface area (Å²) in [6.07, 6.45) is 7.63. The standard InChI is InChI=1S/C20H34O3/c1-13-6-7-15-18(23-5)16(9-11-19(13,15)2)20(3)10-8-14(21)12-17(20)22-4/h14-18,21H,1,6-12H2,2-5H3/t14-,15?,16?,17-,18-,19+,20+/m0/s1. The second kappa shape index (κ2) is 6.16. The molecule has 0 aromatic carbocycles. The van der Waals surface area contributed by atoms with Crippen molar-refractivity contribution >= 4 is 0 Å². The maximum Gasteiger partial charge on any atom is 0.0653 e. The van der Waals surface area contributed by atoms with Crippen molar-refractivity contribution < 1.29 is 14.6 Å². The Hall–Kier alpha value is -0.380. The molecule has 0 saturated heterocycles. The van der Waals surface area contributed by atoms with E-state index in [9.17, 15) is 5.11 Å². The van der Waals surface area contributed by atoms with E-state index in [0.29, 0.717) is 11.8 Å². The summed E-state index contributed by atoms with van der Waals surface area (Å²) >= 11 is 0. The summed E-state index contributed by atoms with van der Waals surface area (Å²) in [5.41, 5.74) is 1.78. The van der Waals surface area contributed by atoms with Crippen LogP contribution in [-0.4, -0.2) is 37.6 Å². The van der Waals surface area contributed by atoms with E-state index in [4.69, 9.17) is 9.47 Å². The molecule has 2 unspecified atom stereocenters. The van der Waals surface area contributed by atoms with Gasteiger partial charge in [0.1, 0.15) is 0 Å². The van der Waals surface area contributed by atoms with Crippen molar-refractivity contribution in [2.45, 2.75) is 77.1 Å². The van der Waals surface area contributed by atoms with E-state index in [1.54, 1.807) is 7.11 Å². The van der Waals surface area contributed by atoms with E-state index in [1.807, 2.05) is 7.11 Å². The fourth-order valence-corrected chi connectivity index (χ4v) is 6.08. The second-order valence-corrected chi connectivity index (χ2v) is 8.67. The normalized spacial score (nSPS) is 50.8. The lowest BCUT2D eigenvalue weighted by Crippen LogP contribution is -2.55. The van der Waals surface area contributed by atoms with Gasteiger partial charge in [0.15, 0.2) is 0 Å². The summed E-state index contributed by atoms with van der Waals surface area (Å²) in [6, 6.07) is 0. The van der Waals surface area contributed by atoms with Gasteiger partial charge in [-0.1, -0.05) is 26.0 Å². The van der Waals surface area contributed by atoms with Crippen molar-refractivity contribution in [3.63, 3.8) is 0 Å². The Labute approximate surface area is 141 Å². The number of methoxy groups -OCH3 is 2.